The number of piperidine rings is 1. The lowest BCUT2D eigenvalue weighted by atomic mass is 9.99. The molecule has 1 unspecified atom stereocenters. The monoisotopic (exact) mass is 271 g/mol. The fourth-order valence-electron chi connectivity index (χ4n) is 2.35. The molecule has 6 heteroatoms. The number of aromatic nitrogens is 3. The van der Waals surface area contributed by atoms with E-state index < -0.39 is 0 Å². The third-order valence-corrected chi connectivity index (χ3v) is 3.45. The summed E-state index contributed by atoms with van der Waals surface area (Å²) in [5.74, 6) is 0.111. The molecule has 1 saturated heterocycles. The van der Waals surface area contributed by atoms with Gasteiger partial charge in [-0.3, -0.25) is 9.78 Å². The van der Waals surface area contributed by atoms with Crippen LogP contribution in [0.3, 0.4) is 0 Å². The van der Waals surface area contributed by atoms with Gasteiger partial charge in [-0.2, -0.15) is 5.10 Å². The van der Waals surface area contributed by atoms with Gasteiger partial charge in [-0.15, -0.1) is 0 Å². The van der Waals surface area contributed by atoms with E-state index in [1.807, 2.05) is 18.3 Å². The molecule has 104 valence electrons. The highest BCUT2D eigenvalue weighted by molar-refractivity contribution is 5.92. The fraction of sp³-hybridized carbons (Fsp3) is 0.357. The maximum absolute atomic E-state index is 12.1. The van der Waals surface area contributed by atoms with Crippen LogP contribution in [0.2, 0.25) is 0 Å². The Morgan fingerprint density at radius 1 is 1.40 bits per heavy atom. The summed E-state index contributed by atoms with van der Waals surface area (Å²) in [6.07, 6.45) is 8.88. The standard InChI is InChI=1S/C14H17N5O/c20-14(11-2-1-5-16-8-11)18-12-9-17-19(10-12)13-3-6-15-7-4-13/h3-4,6-7,9-11,16H,1-2,5,8H2,(H,18,20). The zero-order valence-electron chi connectivity index (χ0n) is 11.1. The first-order chi connectivity index (χ1) is 9.83. The Morgan fingerprint density at radius 2 is 2.25 bits per heavy atom. The van der Waals surface area contributed by atoms with Crippen molar-refractivity contribution in [2.45, 2.75) is 12.8 Å². The molecule has 2 aromatic heterocycles. The van der Waals surface area contributed by atoms with Crippen molar-refractivity contribution in [2.24, 2.45) is 5.92 Å². The summed E-state index contributed by atoms with van der Waals surface area (Å²) in [7, 11) is 0. The van der Waals surface area contributed by atoms with Crippen LogP contribution in [0.25, 0.3) is 5.69 Å². The third kappa shape index (κ3) is 2.85. The quantitative estimate of drug-likeness (QED) is 0.880. The molecule has 6 nitrogen and oxygen atoms in total. The molecule has 1 atom stereocenters. The predicted molar refractivity (Wildman–Crippen MR) is 75.6 cm³/mol. The fourth-order valence-corrected chi connectivity index (χ4v) is 2.35. The molecule has 1 amide bonds. The number of nitrogens with one attached hydrogen (secondary N) is 2. The zero-order valence-corrected chi connectivity index (χ0v) is 11.1. The number of anilines is 1. The van der Waals surface area contributed by atoms with Gasteiger partial charge in [0.15, 0.2) is 0 Å². The molecule has 2 N–H and O–H groups in total. The van der Waals surface area contributed by atoms with Crippen molar-refractivity contribution in [1.82, 2.24) is 20.1 Å². The predicted octanol–water partition coefficient (Wildman–Crippen LogP) is 1.21. The summed E-state index contributed by atoms with van der Waals surface area (Å²) in [5.41, 5.74) is 1.64. The van der Waals surface area contributed by atoms with Crippen molar-refractivity contribution in [3.05, 3.63) is 36.9 Å². The first-order valence-electron chi connectivity index (χ1n) is 6.79. The summed E-state index contributed by atoms with van der Waals surface area (Å²) in [6.45, 7) is 1.76. The minimum absolute atomic E-state index is 0.0491. The van der Waals surface area contributed by atoms with Gasteiger partial charge in [-0.05, 0) is 31.5 Å². The number of rotatable bonds is 3. The molecule has 1 fully saturated rings. The molecule has 3 rings (SSSR count). The molecule has 1 aliphatic heterocycles. The first-order valence-corrected chi connectivity index (χ1v) is 6.79. The van der Waals surface area contributed by atoms with E-state index >= 15 is 0 Å². The van der Waals surface area contributed by atoms with Gasteiger partial charge < -0.3 is 10.6 Å². The van der Waals surface area contributed by atoms with Crippen LogP contribution < -0.4 is 10.6 Å². The smallest absolute Gasteiger partial charge is 0.228 e. The molecule has 0 saturated carbocycles. The first kappa shape index (κ1) is 12.8. The second-order valence-electron chi connectivity index (χ2n) is 4.91. The number of hydrogen-bond acceptors (Lipinski definition) is 4. The molecular weight excluding hydrogens is 254 g/mol. The largest absolute Gasteiger partial charge is 0.323 e. The minimum atomic E-state index is 0.0491. The molecule has 0 spiro atoms. The number of carbonyl (C=O) groups excluding carboxylic acids is 1. The van der Waals surface area contributed by atoms with Crippen molar-refractivity contribution in [2.75, 3.05) is 18.4 Å². The maximum atomic E-state index is 12.1. The lowest BCUT2D eigenvalue weighted by Crippen LogP contribution is -2.37. The molecule has 0 radical (unpaired) electrons. The Balaban J connectivity index is 1.66. The summed E-state index contributed by atoms with van der Waals surface area (Å²) < 4.78 is 1.72. The Kier molecular flexibility index (Phi) is 3.73. The summed E-state index contributed by atoms with van der Waals surface area (Å²) >= 11 is 0. The Bertz CT molecular complexity index is 574. The van der Waals surface area contributed by atoms with Gasteiger partial charge in [-0.1, -0.05) is 0 Å². The van der Waals surface area contributed by atoms with Crippen LogP contribution in [0.5, 0.6) is 0 Å². The van der Waals surface area contributed by atoms with Crippen LogP contribution >= 0.6 is 0 Å². The van der Waals surface area contributed by atoms with Gasteiger partial charge in [0, 0.05) is 18.9 Å². The molecule has 2 aromatic rings. The zero-order chi connectivity index (χ0) is 13.8. The highest BCUT2D eigenvalue weighted by atomic mass is 16.1. The van der Waals surface area contributed by atoms with Gasteiger partial charge in [-0.25, -0.2) is 4.68 Å². The van der Waals surface area contributed by atoms with E-state index in [0.29, 0.717) is 0 Å². The number of pyridine rings is 1. The molecule has 0 aliphatic carbocycles. The third-order valence-electron chi connectivity index (χ3n) is 3.45. The van der Waals surface area contributed by atoms with Crippen LogP contribution in [-0.4, -0.2) is 33.8 Å². The summed E-state index contributed by atoms with van der Waals surface area (Å²) in [6, 6.07) is 3.73. The topological polar surface area (TPSA) is 71.8 Å². The van der Waals surface area contributed by atoms with E-state index in [2.05, 4.69) is 20.7 Å². The second kappa shape index (κ2) is 5.83. The van der Waals surface area contributed by atoms with E-state index in [-0.39, 0.29) is 11.8 Å². The van der Waals surface area contributed by atoms with Gasteiger partial charge in [0.05, 0.1) is 29.7 Å². The van der Waals surface area contributed by atoms with Crippen LogP contribution in [0, 0.1) is 5.92 Å². The van der Waals surface area contributed by atoms with Gasteiger partial charge >= 0.3 is 0 Å². The van der Waals surface area contributed by atoms with Crippen molar-refractivity contribution >= 4 is 11.6 Å². The van der Waals surface area contributed by atoms with Crippen molar-refractivity contribution in [1.29, 1.82) is 0 Å². The maximum Gasteiger partial charge on any atom is 0.228 e. The average Bonchev–Trinajstić information content (AvgIpc) is 2.97. The highest BCUT2D eigenvalue weighted by Crippen LogP contribution is 2.15. The summed E-state index contributed by atoms with van der Waals surface area (Å²) in [4.78, 5) is 16.1. The van der Waals surface area contributed by atoms with Crippen molar-refractivity contribution in [3.63, 3.8) is 0 Å². The Hall–Kier alpha value is -2.21. The van der Waals surface area contributed by atoms with E-state index in [0.717, 1.165) is 37.3 Å². The number of amides is 1. The number of nitrogens with zero attached hydrogens (tertiary/aromatic N) is 3. The van der Waals surface area contributed by atoms with E-state index in [9.17, 15) is 4.79 Å². The highest BCUT2D eigenvalue weighted by Gasteiger charge is 2.21. The lowest BCUT2D eigenvalue weighted by molar-refractivity contribution is -0.120. The molecule has 0 aromatic carbocycles. The Morgan fingerprint density at radius 3 is 3.00 bits per heavy atom. The van der Waals surface area contributed by atoms with Gasteiger partial charge in [0.1, 0.15) is 0 Å². The van der Waals surface area contributed by atoms with Crippen LogP contribution in [0.4, 0.5) is 5.69 Å². The van der Waals surface area contributed by atoms with Crippen molar-refractivity contribution in [3.8, 4) is 5.69 Å². The molecule has 0 bridgehead atoms. The summed E-state index contributed by atoms with van der Waals surface area (Å²) in [5, 5.41) is 10.4. The van der Waals surface area contributed by atoms with E-state index in [1.165, 1.54) is 0 Å². The molecule has 3 heterocycles. The Labute approximate surface area is 117 Å². The second-order valence-corrected chi connectivity index (χ2v) is 4.91. The number of carbonyl (C=O) groups is 1. The molecule has 20 heavy (non-hydrogen) atoms. The van der Waals surface area contributed by atoms with E-state index in [4.69, 9.17) is 0 Å². The SMILES string of the molecule is O=C(Nc1cnn(-c2ccncc2)c1)C1CCCNC1. The lowest BCUT2D eigenvalue weighted by Gasteiger charge is -2.21. The van der Waals surface area contributed by atoms with Gasteiger partial charge in [0.2, 0.25) is 5.91 Å². The van der Waals surface area contributed by atoms with Crippen molar-refractivity contribution < 1.29 is 4.79 Å². The van der Waals surface area contributed by atoms with Crippen LogP contribution in [0.15, 0.2) is 36.9 Å². The van der Waals surface area contributed by atoms with Crippen LogP contribution in [-0.2, 0) is 4.79 Å². The van der Waals surface area contributed by atoms with E-state index in [1.54, 1.807) is 23.3 Å². The minimum Gasteiger partial charge on any atom is -0.323 e. The average molecular weight is 271 g/mol. The number of hydrogen-bond donors (Lipinski definition) is 2. The normalized spacial score (nSPS) is 18.7. The van der Waals surface area contributed by atoms with Gasteiger partial charge in [0.25, 0.3) is 0 Å². The molecular formula is C14H17N5O. The molecule has 1 aliphatic rings. The van der Waals surface area contributed by atoms with Crippen LogP contribution in [0.1, 0.15) is 12.8 Å².